The normalized spacial score (nSPS) is 17.2. The lowest BCUT2D eigenvalue weighted by molar-refractivity contribution is -0.144. The van der Waals surface area contributed by atoms with Gasteiger partial charge >= 0.3 is 5.97 Å². The smallest absolute Gasteiger partial charge is 0.328 e. The molecule has 0 spiro atoms. The van der Waals surface area contributed by atoms with Gasteiger partial charge < -0.3 is 10.1 Å². The van der Waals surface area contributed by atoms with Crippen molar-refractivity contribution in [1.29, 1.82) is 0 Å². The van der Waals surface area contributed by atoms with E-state index in [1.165, 1.54) is 13.5 Å². The zero-order valence-electron chi connectivity index (χ0n) is 11.8. The molecule has 2 rings (SSSR count). The van der Waals surface area contributed by atoms with Crippen molar-refractivity contribution in [3.8, 4) is 0 Å². The molecule has 1 fully saturated rings. The largest absolute Gasteiger partial charge is 0.467 e. The third kappa shape index (κ3) is 3.59. The molecule has 1 aliphatic carbocycles. The van der Waals surface area contributed by atoms with Gasteiger partial charge in [0.25, 0.3) is 5.91 Å². The van der Waals surface area contributed by atoms with E-state index in [-0.39, 0.29) is 17.8 Å². The van der Waals surface area contributed by atoms with Crippen LogP contribution in [0.2, 0.25) is 0 Å². The minimum absolute atomic E-state index is 0.184. The molecule has 108 valence electrons. The Labute approximate surface area is 119 Å². The minimum Gasteiger partial charge on any atom is -0.467 e. The maximum Gasteiger partial charge on any atom is 0.328 e. The molecule has 4 nitrogen and oxygen atoms in total. The summed E-state index contributed by atoms with van der Waals surface area (Å²) in [4.78, 5) is 24.1. The SMILES string of the molecule is COC(=O)[C@@H](NC(=O)c1ccccc1)C1CCCCC1. The number of hydrogen-bond donors (Lipinski definition) is 1. The van der Waals surface area contributed by atoms with Gasteiger partial charge in [-0.3, -0.25) is 4.79 Å². The van der Waals surface area contributed by atoms with Crippen LogP contribution in [0, 0.1) is 5.92 Å². The average Bonchev–Trinajstić information content (AvgIpc) is 2.53. The van der Waals surface area contributed by atoms with E-state index in [1.54, 1.807) is 12.1 Å². The molecule has 1 amide bonds. The van der Waals surface area contributed by atoms with E-state index in [4.69, 9.17) is 4.74 Å². The number of hydrogen-bond acceptors (Lipinski definition) is 3. The Bertz CT molecular complexity index is 452. The van der Waals surface area contributed by atoms with Crippen molar-refractivity contribution < 1.29 is 14.3 Å². The Balaban J connectivity index is 2.07. The fourth-order valence-electron chi connectivity index (χ4n) is 2.78. The summed E-state index contributed by atoms with van der Waals surface area (Å²) in [5.74, 6) is -0.378. The fraction of sp³-hybridized carbons (Fsp3) is 0.500. The quantitative estimate of drug-likeness (QED) is 0.859. The molecule has 0 aliphatic heterocycles. The Morgan fingerprint density at radius 1 is 1.15 bits per heavy atom. The number of carbonyl (C=O) groups is 2. The average molecular weight is 275 g/mol. The van der Waals surface area contributed by atoms with E-state index in [9.17, 15) is 9.59 Å². The second-order valence-corrected chi connectivity index (χ2v) is 5.24. The highest BCUT2D eigenvalue weighted by Gasteiger charge is 2.31. The molecule has 20 heavy (non-hydrogen) atoms. The van der Waals surface area contributed by atoms with E-state index in [0.29, 0.717) is 5.56 Å². The summed E-state index contributed by atoms with van der Waals surface area (Å²) < 4.78 is 4.85. The molecule has 1 aromatic rings. The summed E-state index contributed by atoms with van der Waals surface area (Å²) in [5.41, 5.74) is 0.567. The maximum absolute atomic E-state index is 12.2. The Morgan fingerprint density at radius 3 is 2.40 bits per heavy atom. The lowest BCUT2D eigenvalue weighted by Gasteiger charge is -2.29. The highest BCUT2D eigenvalue weighted by Crippen LogP contribution is 2.27. The van der Waals surface area contributed by atoms with Gasteiger partial charge in [0.15, 0.2) is 0 Å². The van der Waals surface area contributed by atoms with Gasteiger partial charge in [0.2, 0.25) is 0 Å². The van der Waals surface area contributed by atoms with E-state index in [0.717, 1.165) is 25.7 Å². The molecule has 0 saturated heterocycles. The topological polar surface area (TPSA) is 55.4 Å². The van der Waals surface area contributed by atoms with Crippen molar-refractivity contribution in [2.75, 3.05) is 7.11 Å². The van der Waals surface area contributed by atoms with Crippen LogP contribution in [0.25, 0.3) is 0 Å². The monoisotopic (exact) mass is 275 g/mol. The first-order valence-corrected chi connectivity index (χ1v) is 7.16. The number of methoxy groups -OCH3 is 1. The summed E-state index contributed by atoms with van der Waals surface area (Å²) in [6, 6.07) is 8.42. The van der Waals surface area contributed by atoms with Gasteiger partial charge in [-0.15, -0.1) is 0 Å². The zero-order valence-corrected chi connectivity index (χ0v) is 11.8. The number of nitrogens with one attached hydrogen (secondary N) is 1. The molecule has 1 N–H and O–H groups in total. The second kappa shape index (κ2) is 7.08. The molecule has 1 aromatic carbocycles. The number of amides is 1. The van der Waals surface area contributed by atoms with Crippen LogP contribution in [0.1, 0.15) is 42.5 Å². The van der Waals surface area contributed by atoms with Crippen LogP contribution < -0.4 is 5.32 Å². The summed E-state index contributed by atoms with van der Waals surface area (Å²) in [6.07, 6.45) is 5.36. The van der Waals surface area contributed by atoms with Gasteiger partial charge in [-0.25, -0.2) is 4.79 Å². The van der Waals surface area contributed by atoms with Gasteiger partial charge in [0.1, 0.15) is 6.04 Å². The highest BCUT2D eigenvalue weighted by molar-refractivity contribution is 5.96. The maximum atomic E-state index is 12.2. The Kier molecular flexibility index (Phi) is 5.16. The molecule has 0 radical (unpaired) electrons. The Hall–Kier alpha value is -1.84. The molecule has 1 saturated carbocycles. The zero-order chi connectivity index (χ0) is 14.4. The summed E-state index contributed by atoms with van der Waals surface area (Å²) in [5, 5.41) is 2.84. The van der Waals surface area contributed by atoms with Crippen LogP contribution in [0.3, 0.4) is 0 Å². The standard InChI is InChI=1S/C16H21NO3/c1-20-16(19)14(12-8-4-2-5-9-12)17-15(18)13-10-6-3-7-11-13/h3,6-7,10-12,14H,2,4-5,8-9H2,1H3,(H,17,18)/t14-/m0/s1. The molecule has 1 atom stereocenters. The molecule has 4 heteroatoms. The Morgan fingerprint density at radius 2 is 1.80 bits per heavy atom. The van der Waals surface area contributed by atoms with Gasteiger partial charge in [0.05, 0.1) is 7.11 Å². The van der Waals surface area contributed by atoms with Crippen molar-refractivity contribution in [3.63, 3.8) is 0 Å². The fourth-order valence-corrected chi connectivity index (χ4v) is 2.78. The number of rotatable bonds is 4. The van der Waals surface area contributed by atoms with Crippen LogP contribution >= 0.6 is 0 Å². The predicted octanol–water partition coefficient (Wildman–Crippen LogP) is 2.54. The summed E-state index contributed by atoms with van der Waals surface area (Å²) in [7, 11) is 1.37. The third-order valence-corrected chi connectivity index (χ3v) is 3.90. The van der Waals surface area contributed by atoms with Crippen molar-refractivity contribution in [3.05, 3.63) is 35.9 Å². The lowest BCUT2D eigenvalue weighted by Crippen LogP contribution is -2.47. The van der Waals surface area contributed by atoms with Crippen LogP contribution in [0.5, 0.6) is 0 Å². The van der Waals surface area contributed by atoms with Crippen LogP contribution in [-0.4, -0.2) is 25.0 Å². The van der Waals surface area contributed by atoms with Gasteiger partial charge in [-0.2, -0.15) is 0 Å². The third-order valence-electron chi connectivity index (χ3n) is 3.90. The van der Waals surface area contributed by atoms with E-state index >= 15 is 0 Å². The van der Waals surface area contributed by atoms with Crippen molar-refractivity contribution >= 4 is 11.9 Å². The first kappa shape index (κ1) is 14.6. The van der Waals surface area contributed by atoms with E-state index in [2.05, 4.69) is 5.32 Å². The molecule has 1 aliphatic rings. The second-order valence-electron chi connectivity index (χ2n) is 5.24. The van der Waals surface area contributed by atoms with Gasteiger partial charge in [-0.05, 0) is 30.9 Å². The molecule has 0 heterocycles. The van der Waals surface area contributed by atoms with Gasteiger partial charge in [0, 0.05) is 5.56 Å². The van der Waals surface area contributed by atoms with Crippen molar-refractivity contribution in [2.24, 2.45) is 5.92 Å². The van der Waals surface area contributed by atoms with Crippen LogP contribution in [0.4, 0.5) is 0 Å². The summed E-state index contributed by atoms with van der Waals surface area (Å²) >= 11 is 0. The first-order chi connectivity index (χ1) is 9.72. The predicted molar refractivity (Wildman–Crippen MR) is 76.3 cm³/mol. The number of carbonyl (C=O) groups excluding carboxylic acids is 2. The number of esters is 1. The molecular formula is C16H21NO3. The molecular weight excluding hydrogens is 254 g/mol. The minimum atomic E-state index is -0.534. The first-order valence-electron chi connectivity index (χ1n) is 7.16. The van der Waals surface area contributed by atoms with Crippen molar-refractivity contribution in [2.45, 2.75) is 38.1 Å². The highest BCUT2D eigenvalue weighted by atomic mass is 16.5. The number of ether oxygens (including phenoxy) is 1. The van der Waals surface area contributed by atoms with Crippen LogP contribution in [0.15, 0.2) is 30.3 Å². The lowest BCUT2D eigenvalue weighted by atomic mass is 9.83. The molecule has 0 unspecified atom stereocenters. The van der Waals surface area contributed by atoms with E-state index in [1.807, 2.05) is 18.2 Å². The van der Waals surface area contributed by atoms with Crippen molar-refractivity contribution in [1.82, 2.24) is 5.32 Å². The summed E-state index contributed by atoms with van der Waals surface area (Å²) in [6.45, 7) is 0. The molecule has 0 bridgehead atoms. The van der Waals surface area contributed by atoms with Gasteiger partial charge in [-0.1, -0.05) is 37.5 Å². The number of benzene rings is 1. The molecule has 0 aromatic heterocycles. The van der Waals surface area contributed by atoms with E-state index < -0.39 is 6.04 Å². The van der Waals surface area contributed by atoms with Crippen LogP contribution in [-0.2, 0) is 9.53 Å².